The quantitative estimate of drug-likeness (QED) is 0.615. The Morgan fingerprint density at radius 2 is 1.81 bits per heavy atom. The van der Waals surface area contributed by atoms with Crippen molar-refractivity contribution in [1.29, 1.82) is 0 Å². The molecule has 0 aliphatic carbocycles. The summed E-state index contributed by atoms with van der Waals surface area (Å²) in [7, 11) is 1.62. The lowest BCUT2D eigenvalue weighted by Crippen LogP contribution is -2.12. The molecule has 1 aromatic heterocycles. The minimum absolute atomic E-state index is 0.299. The van der Waals surface area contributed by atoms with E-state index in [0.29, 0.717) is 27.1 Å². The average molecular weight is 388 g/mol. The number of methoxy groups -OCH3 is 1. The van der Waals surface area contributed by atoms with Crippen molar-refractivity contribution in [1.82, 2.24) is 4.98 Å². The van der Waals surface area contributed by atoms with Gasteiger partial charge in [0.25, 0.3) is 5.91 Å². The van der Waals surface area contributed by atoms with Crippen LogP contribution in [0.1, 0.15) is 10.4 Å². The number of benzene rings is 2. The van der Waals surface area contributed by atoms with Gasteiger partial charge in [-0.25, -0.2) is 4.98 Å². The van der Waals surface area contributed by atoms with Crippen molar-refractivity contribution in [2.75, 3.05) is 17.7 Å². The summed E-state index contributed by atoms with van der Waals surface area (Å²) < 4.78 is 5.12. The van der Waals surface area contributed by atoms with Gasteiger partial charge in [-0.15, -0.1) is 0 Å². The summed E-state index contributed by atoms with van der Waals surface area (Å²) in [5, 5.41) is 6.55. The number of ether oxygens (including phenoxy) is 1. The number of hydrogen-bond acceptors (Lipinski definition) is 4. The maximum atomic E-state index is 12.3. The molecule has 2 aromatic carbocycles. The third kappa shape index (κ3) is 4.25. The third-order valence-electron chi connectivity index (χ3n) is 3.59. The van der Waals surface area contributed by atoms with Gasteiger partial charge < -0.3 is 15.4 Å². The zero-order valence-electron chi connectivity index (χ0n) is 13.8. The second-order valence-corrected chi connectivity index (χ2v) is 6.13. The van der Waals surface area contributed by atoms with Crippen LogP contribution in [0.4, 0.5) is 17.2 Å². The predicted octanol–water partition coefficient (Wildman–Crippen LogP) is 5.39. The van der Waals surface area contributed by atoms with E-state index in [1.54, 1.807) is 37.4 Å². The lowest BCUT2D eigenvalue weighted by atomic mass is 10.2. The van der Waals surface area contributed by atoms with Crippen LogP contribution in [0.15, 0.2) is 60.8 Å². The fourth-order valence-electron chi connectivity index (χ4n) is 2.22. The molecule has 0 saturated heterocycles. The van der Waals surface area contributed by atoms with Gasteiger partial charge in [0.15, 0.2) is 0 Å². The van der Waals surface area contributed by atoms with Gasteiger partial charge in [-0.1, -0.05) is 29.3 Å². The molecule has 0 radical (unpaired) electrons. The van der Waals surface area contributed by atoms with Gasteiger partial charge in [-0.2, -0.15) is 0 Å². The van der Waals surface area contributed by atoms with Crippen LogP contribution >= 0.6 is 23.2 Å². The number of carbonyl (C=O) groups excluding carboxylic acids is 1. The minimum atomic E-state index is -0.322. The molecule has 26 heavy (non-hydrogen) atoms. The molecule has 1 amide bonds. The van der Waals surface area contributed by atoms with Gasteiger partial charge in [0, 0.05) is 11.9 Å². The molecular weight excluding hydrogens is 373 g/mol. The highest BCUT2D eigenvalue weighted by Crippen LogP contribution is 2.29. The van der Waals surface area contributed by atoms with E-state index in [2.05, 4.69) is 15.6 Å². The summed E-state index contributed by atoms with van der Waals surface area (Å²) >= 11 is 12.0. The molecule has 0 aliphatic rings. The molecule has 0 fully saturated rings. The zero-order chi connectivity index (χ0) is 18.5. The second-order valence-electron chi connectivity index (χ2n) is 5.34. The molecule has 132 valence electrons. The van der Waals surface area contributed by atoms with Gasteiger partial charge in [-0.05, 0) is 48.5 Å². The van der Waals surface area contributed by atoms with E-state index in [1.165, 1.54) is 6.20 Å². The Labute approximate surface area is 160 Å². The topological polar surface area (TPSA) is 63.2 Å². The zero-order valence-corrected chi connectivity index (χ0v) is 15.3. The van der Waals surface area contributed by atoms with Crippen LogP contribution in [-0.4, -0.2) is 18.0 Å². The predicted molar refractivity (Wildman–Crippen MR) is 105 cm³/mol. The Morgan fingerprint density at radius 1 is 1.04 bits per heavy atom. The van der Waals surface area contributed by atoms with E-state index in [0.717, 1.165) is 11.4 Å². The molecule has 3 aromatic rings. The largest absolute Gasteiger partial charge is 0.497 e. The molecule has 7 heteroatoms. The monoisotopic (exact) mass is 387 g/mol. The standard InChI is InChI=1S/C19H15Cl2N3O2/c1-26-14-8-6-13(7-9-14)23-17-10-5-12(11-22-17)19(25)24-16-4-2-3-15(20)18(16)21/h2-11H,1H3,(H,22,23)(H,24,25). The summed E-state index contributed by atoms with van der Waals surface area (Å²) in [4.78, 5) is 16.6. The minimum Gasteiger partial charge on any atom is -0.497 e. The molecule has 5 nitrogen and oxygen atoms in total. The molecule has 1 heterocycles. The molecular formula is C19H15Cl2N3O2. The molecule has 0 saturated carbocycles. The highest BCUT2D eigenvalue weighted by molar-refractivity contribution is 6.44. The number of anilines is 3. The van der Waals surface area contributed by atoms with Gasteiger partial charge in [0.2, 0.25) is 0 Å². The molecule has 0 aliphatic heterocycles. The third-order valence-corrected chi connectivity index (χ3v) is 4.41. The number of carbonyl (C=O) groups is 1. The maximum Gasteiger partial charge on any atom is 0.257 e. The number of amides is 1. The number of halogens is 2. The lowest BCUT2D eigenvalue weighted by Gasteiger charge is -2.09. The van der Waals surface area contributed by atoms with Crippen molar-refractivity contribution in [3.8, 4) is 5.75 Å². The summed E-state index contributed by atoms with van der Waals surface area (Å²) in [5.41, 5.74) is 1.71. The first-order valence-electron chi connectivity index (χ1n) is 7.69. The first-order valence-corrected chi connectivity index (χ1v) is 8.45. The molecule has 3 rings (SSSR count). The first-order chi connectivity index (χ1) is 12.6. The number of rotatable bonds is 5. The highest BCUT2D eigenvalue weighted by atomic mass is 35.5. The molecule has 0 atom stereocenters. The Balaban J connectivity index is 1.68. The van der Waals surface area contributed by atoms with Crippen molar-refractivity contribution in [2.45, 2.75) is 0 Å². The Morgan fingerprint density at radius 3 is 2.46 bits per heavy atom. The maximum absolute atomic E-state index is 12.3. The number of nitrogens with one attached hydrogen (secondary N) is 2. The van der Waals surface area contributed by atoms with Crippen molar-refractivity contribution in [3.05, 3.63) is 76.4 Å². The van der Waals surface area contributed by atoms with Gasteiger partial charge in [0.05, 0.1) is 28.4 Å². The Kier molecular flexibility index (Phi) is 5.61. The van der Waals surface area contributed by atoms with E-state index >= 15 is 0 Å². The first kappa shape index (κ1) is 18.0. The summed E-state index contributed by atoms with van der Waals surface area (Å²) in [6, 6.07) is 15.9. The van der Waals surface area contributed by atoms with Gasteiger partial charge >= 0.3 is 0 Å². The lowest BCUT2D eigenvalue weighted by molar-refractivity contribution is 0.102. The number of pyridine rings is 1. The van der Waals surface area contributed by atoms with Crippen molar-refractivity contribution >= 4 is 46.3 Å². The van der Waals surface area contributed by atoms with Gasteiger partial charge in [0.1, 0.15) is 11.6 Å². The fraction of sp³-hybridized carbons (Fsp3) is 0.0526. The SMILES string of the molecule is COc1ccc(Nc2ccc(C(=O)Nc3cccc(Cl)c3Cl)cn2)cc1. The van der Waals surface area contributed by atoms with Crippen molar-refractivity contribution in [2.24, 2.45) is 0 Å². The molecule has 0 spiro atoms. The summed E-state index contributed by atoms with van der Waals surface area (Å²) in [6.45, 7) is 0. The van der Waals surface area contributed by atoms with E-state index in [-0.39, 0.29) is 5.91 Å². The number of hydrogen-bond donors (Lipinski definition) is 2. The second kappa shape index (κ2) is 8.08. The smallest absolute Gasteiger partial charge is 0.257 e. The van der Waals surface area contributed by atoms with Crippen LogP contribution in [-0.2, 0) is 0 Å². The Bertz CT molecular complexity index is 913. The van der Waals surface area contributed by atoms with Crippen LogP contribution in [0, 0.1) is 0 Å². The summed E-state index contributed by atoms with van der Waals surface area (Å²) in [5.74, 6) is 1.07. The van der Waals surface area contributed by atoms with E-state index < -0.39 is 0 Å². The van der Waals surface area contributed by atoms with Crippen LogP contribution < -0.4 is 15.4 Å². The molecule has 2 N–H and O–H groups in total. The highest BCUT2D eigenvalue weighted by Gasteiger charge is 2.11. The number of nitrogens with zero attached hydrogens (tertiary/aromatic N) is 1. The van der Waals surface area contributed by atoms with Crippen molar-refractivity contribution in [3.63, 3.8) is 0 Å². The average Bonchev–Trinajstić information content (AvgIpc) is 2.66. The molecule has 0 unspecified atom stereocenters. The van der Waals surface area contributed by atoms with Crippen LogP contribution in [0.5, 0.6) is 5.75 Å². The number of aromatic nitrogens is 1. The van der Waals surface area contributed by atoms with E-state index in [1.807, 2.05) is 24.3 Å². The Hall–Kier alpha value is -2.76. The van der Waals surface area contributed by atoms with Crippen LogP contribution in [0.2, 0.25) is 10.0 Å². The van der Waals surface area contributed by atoms with Crippen molar-refractivity contribution < 1.29 is 9.53 Å². The fourth-order valence-corrected chi connectivity index (χ4v) is 2.57. The van der Waals surface area contributed by atoms with Crippen LogP contribution in [0.3, 0.4) is 0 Å². The normalized spacial score (nSPS) is 10.3. The summed E-state index contributed by atoms with van der Waals surface area (Å²) in [6.07, 6.45) is 1.49. The van der Waals surface area contributed by atoms with E-state index in [9.17, 15) is 4.79 Å². The van der Waals surface area contributed by atoms with E-state index in [4.69, 9.17) is 27.9 Å². The van der Waals surface area contributed by atoms with Crippen LogP contribution in [0.25, 0.3) is 0 Å². The van der Waals surface area contributed by atoms with Gasteiger partial charge in [-0.3, -0.25) is 4.79 Å². The molecule has 0 bridgehead atoms.